The van der Waals surface area contributed by atoms with Crippen molar-refractivity contribution < 1.29 is 14.6 Å². The van der Waals surface area contributed by atoms with Crippen molar-refractivity contribution in [1.82, 2.24) is 4.98 Å². The number of fused-ring (bicyclic) bond motifs is 3. The van der Waals surface area contributed by atoms with E-state index in [1.807, 2.05) is 47.8 Å². The average molecular weight is 573 g/mol. The van der Waals surface area contributed by atoms with E-state index in [0.717, 1.165) is 48.6 Å². The molecule has 0 fully saturated rings. The van der Waals surface area contributed by atoms with Gasteiger partial charge in [-0.1, -0.05) is 54.2 Å². The van der Waals surface area contributed by atoms with Crippen LogP contribution in [0.5, 0.6) is 5.75 Å². The van der Waals surface area contributed by atoms with E-state index in [1.54, 1.807) is 48.2 Å². The van der Waals surface area contributed by atoms with Crippen molar-refractivity contribution in [3.63, 3.8) is 0 Å². The van der Waals surface area contributed by atoms with Crippen molar-refractivity contribution in [1.29, 1.82) is 0 Å². The molecule has 0 saturated carbocycles. The van der Waals surface area contributed by atoms with Gasteiger partial charge in [0.25, 0.3) is 0 Å². The van der Waals surface area contributed by atoms with Gasteiger partial charge in [-0.15, -0.1) is 11.3 Å². The Morgan fingerprint density at radius 2 is 1.56 bits per heavy atom. The maximum absolute atomic E-state index is 12.3. The second-order valence-corrected chi connectivity index (χ2v) is 11.6. The molecule has 1 N–H and O–H groups in total. The first kappa shape index (κ1) is 25.4. The fourth-order valence-electron chi connectivity index (χ4n) is 5.22. The fraction of sp³-hybridized carbons (Fsp3) is 0.0588. The van der Waals surface area contributed by atoms with Crippen molar-refractivity contribution in [2.24, 2.45) is 0 Å². The number of benzene rings is 4. The van der Waals surface area contributed by atoms with Crippen LogP contribution in [0.25, 0.3) is 32.6 Å². The summed E-state index contributed by atoms with van der Waals surface area (Å²) >= 11 is 3.37. The smallest absolute Gasteiger partial charge is 0.338 e. The third kappa shape index (κ3) is 4.43. The van der Waals surface area contributed by atoms with Crippen LogP contribution in [0.1, 0.15) is 17.3 Å². The quantitative estimate of drug-likeness (QED) is 0.207. The van der Waals surface area contributed by atoms with Crippen LogP contribution in [0.15, 0.2) is 118 Å². The molecule has 7 rings (SSSR count). The lowest BCUT2D eigenvalue weighted by Crippen LogP contribution is -2.15. The number of thiophene rings is 1. The van der Waals surface area contributed by atoms with E-state index in [-0.39, 0.29) is 11.7 Å². The minimum atomic E-state index is -0.350. The van der Waals surface area contributed by atoms with Gasteiger partial charge in [-0.3, -0.25) is 0 Å². The highest BCUT2D eigenvalue weighted by molar-refractivity contribution is 7.99. The summed E-state index contributed by atoms with van der Waals surface area (Å²) in [5.74, 6) is -0.172. The topological polar surface area (TPSA) is 62.7 Å². The lowest BCUT2D eigenvalue weighted by Gasteiger charge is -2.33. The molecule has 200 valence electrons. The number of phenolic OH excluding ortho intramolecular Hbond substituents is 1. The van der Waals surface area contributed by atoms with E-state index in [9.17, 15) is 9.90 Å². The maximum atomic E-state index is 12.3. The molecule has 0 atom stereocenters. The molecule has 4 aromatic carbocycles. The minimum Gasteiger partial charge on any atom is -0.507 e. The number of para-hydroxylation sites is 2. The van der Waals surface area contributed by atoms with E-state index < -0.39 is 0 Å². The molecular formula is C34H24N2O3S2. The van der Waals surface area contributed by atoms with Gasteiger partial charge in [0.2, 0.25) is 0 Å². The summed E-state index contributed by atoms with van der Waals surface area (Å²) in [5, 5.41) is 14.0. The number of ether oxygens (including phenoxy) is 1. The molecule has 0 unspecified atom stereocenters. The third-order valence-electron chi connectivity index (χ3n) is 7.07. The summed E-state index contributed by atoms with van der Waals surface area (Å²) in [4.78, 5) is 23.0. The molecule has 41 heavy (non-hydrogen) atoms. The Balaban J connectivity index is 1.49. The molecule has 0 spiro atoms. The Kier molecular flexibility index (Phi) is 6.46. The molecule has 0 bridgehead atoms. The number of aromatic nitrogens is 1. The van der Waals surface area contributed by atoms with E-state index in [1.165, 1.54) is 0 Å². The predicted molar refractivity (Wildman–Crippen MR) is 167 cm³/mol. The molecule has 0 radical (unpaired) electrons. The van der Waals surface area contributed by atoms with E-state index in [2.05, 4.69) is 47.4 Å². The van der Waals surface area contributed by atoms with E-state index >= 15 is 0 Å². The summed E-state index contributed by atoms with van der Waals surface area (Å²) in [7, 11) is 0. The molecular weight excluding hydrogens is 549 g/mol. The number of pyridine rings is 1. The van der Waals surface area contributed by atoms with Crippen molar-refractivity contribution in [3.05, 3.63) is 114 Å². The SMILES string of the molecule is CCOC(=O)c1ccc(-c2cc(-c3cccs3)c3c(O)ccc(N4c5ccccc5Sc5ccccc54)c3n2)cc1. The van der Waals surface area contributed by atoms with Gasteiger partial charge >= 0.3 is 5.97 Å². The summed E-state index contributed by atoms with van der Waals surface area (Å²) in [6, 6.07) is 33.8. The highest BCUT2D eigenvalue weighted by atomic mass is 32.2. The number of rotatable bonds is 5. The zero-order valence-corrected chi connectivity index (χ0v) is 23.7. The number of nitrogens with zero attached hydrogens (tertiary/aromatic N) is 2. The number of carbonyl (C=O) groups excluding carboxylic acids is 1. The summed E-state index contributed by atoms with van der Waals surface area (Å²) < 4.78 is 5.16. The van der Waals surface area contributed by atoms with Crippen LogP contribution in [-0.4, -0.2) is 22.7 Å². The Labute approximate surface area is 245 Å². The number of carbonyl (C=O) groups is 1. The lowest BCUT2D eigenvalue weighted by atomic mass is 10.00. The van der Waals surface area contributed by atoms with Crippen molar-refractivity contribution >= 4 is 57.0 Å². The van der Waals surface area contributed by atoms with Crippen LogP contribution < -0.4 is 4.90 Å². The van der Waals surface area contributed by atoms with Gasteiger partial charge in [0.15, 0.2) is 0 Å². The third-order valence-corrected chi connectivity index (χ3v) is 9.10. The first-order chi connectivity index (χ1) is 20.1. The van der Waals surface area contributed by atoms with E-state index in [4.69, 9.17) is 9.72 Å². The summed E-state index contributed by atoms with van der Waals surface area (Å²) in [6.07, 6.45) is 0. The largest absolute Gasteiger partial charge is 0.507 e. The molecule has 5 nitrogen and oxygen atoms in total. The van der Waals surface area contributed by atoms with Gasteiger partial charge < -0.3 is 14.7 Å². The summed E-state index contributed by atoms with van der Waals surface area (Å²) in [5.41, 5.74) is 6.70. The monoisotopic (exact) mass is 572 g/mol. The fourth-order valence-corrected chi connectivity index (χ4v) is 7.03. The van der Waals surface area contributed by atoms with Gasteiger partial charge in [-0.05, 0) is 73.0 Å². The van der Waals surface area contributed by atoms with Gasteiger partial charge in [-0.25, -0.2) is 9.78 Å². The normalized spacial score (nSPS) is 12.2. The zero-order chi connectivity index (χ0) is 27.9. The maximum Gasteiger partial charge on any atom is 0.338 e. The Morgan fingerprint density at radius 1 is 0.854 bits per heavy atom. The Hall–Kier alpha value is -4.59. The molecule has 1 aliphatic rings. The van der Waals surface area contributed by atoms with Crippen LogP contribution in [0.4, 0.5) is 17.1 Å². The highest BCUT2D eigenvalue weighted by Gasteiger charge is 2.27. The van der Waals surface area contributed by atoms with Crippen LogP contribution in [0, 0.1) is 0 Å². The Bertz CT molecular complexity index is 1870. The predicted octanol–water partition coefficient (Wildman–Crippen LogP) is 9.45. The molecule has 7 heteroatoms. The van der Waals surface area contributed by atoms with Crippen molar-refractivity contribution in [3.8, 4) is 27.4 Å². The molecule has 0 aliphatic carbocycles. The van der Waals surface area contributed by atoms with E-state index in [0.29, 0.717) is 23.1 Å². The van der Waals surface area contributed by atoms with Crippen molar-refractivity contribution in [2.75, 3.05) is 11.5 Å². The zero-order valence-electron chi connectivity index (χ0n) is 22.1. The van der Waals surface area contributed by atoms with Crippen LogP contribution in [-0.2, 0) is 4.74 Å². The molecule has 6 aromatic rings. The van der Waals surface area contributed by atoms with Crippen LogP contribution >= 0.6 is 23.1 Å². The van der Waals surface area contributed by atoms with Gasteiger partial charge in [-0.2, -0.15) is 0 Å². The van der Waals surface area contributed by atoms with Gasteiger partial charge in [0.05, 0.1) is 45.8 Å². The standard InChI is InChI=1S/C34H24N2O3S2/c1-2-39-34(38)22-15-13-21(14-16-22)24-20-23(29-12-7-19-40-29)32-28(37)18-17-27(33(32)35-24)36-25-8-3-5-10-30(25)41-31-11-6-4-9-26(31)36/h3-20,37H,2H2,1H3. The molecule has 3 heterocycles. The van der Waals surface area contributed by atoms with Gasteiger partial charge in [0.1, 0.15) is 5.75 Å². The van der Waals surface area contributed by atoms with Crippen LogP contribution in [0.2, 0.25) is 0 Å². The molecule has 2 aromatic heterocycles. The molecule has 0 saturated heterocycles. The van der Waals surface area contributed by atoms with Crippen molar-refractivity contribution in [2.45, 2.75) is 16.7 Å². The molecule has 1 aliphatic heterocycles. The minimum absolute atomic E-state index is 0.178. The average Bonchev–Trinajstić information content (AvgIpc) is 3.55. The first-order valence-electron chi connectivity index (χ1n) is 13.3. The summed E-state index contributed by atoms with van der Waals surface area (Å²) in [6.45, 7) is 2.12. The lowest BCUT2D eigenvalue weighted by molar-refractivity contribution is 0.0526. The second kappa shape index (κ2) is 10.4. The number of anilines is 3. The number of hydrogen-bond donors (Lipinski definition) is 1. The second-order valence-electron chi connectivity index (χ2n) is 9.53. The number of esters is 1. The number of phenols is 1. The number of hydrogen-bond acceptors (Lipinski definition) is 7. The van der Waals surface area contributed by atoms with Crippen LogP contribution in [0.3, 0.4) is 0 Å². The number of aromatic hydroxyl groups is 1. The first-order valence-corrected chi connectivity index (χ1v) is 15.0. The van der Waals surface area contributed by atoms with Gasteiger partial charge in [0, 0.05) is 25.8 Å². The Morgan fingerprint density at radius 3 is 2.22 bits per heavy atom. The highest BCUT2D eigenvalue weighted by Crippen LogP contribution is 2.53. The molecule has 0 amide bonds.